The number of ether oxygens (including phenoxy) is 2. The second-order valence-electron chi connectivity index (χ2n) is 7.31. The van der Waals surface area contributed by atoms with Crippen LogP contribution < -0.4 is 9.47 Å². The molecule has 0 bridgehead atoms. The van der Waals surface area contributed by atoms with Crippen molar-refractivity contribution in [3.8, 4) is 11.5 Å². The summed E-state index contributed by atoms with van der Waals surface area (Å²) in [5.74, 6) is 0.857. The van der Waals surface area contributed by atoms with Gasteiger partial charge in [-0.15, -0.1) is 0 Å². The Morgan fingerprint density at radius 2 is 1.70 bits per heavy atom. The summed E-state index contributed by atoms with van der Waals surface area (Å²) >= 11 is 6.99. The van der Waals surface area contributed by atoms with E-state index in [4.69, 9.17) is 21.1 Å². The van der Waals surface area contributed by atoms with Gasteiger partial charge in [0.15, 0.2) is 11.5 Å². The molecule has 1 fully saturated rings. The molecule has 33 heavy (non-hydrogen) atoms. The van der Waals surface area contributed by atoms with E-state index in [2.05, 4.69) is 0 Å². The molecule has 0 saturated carbocycles. The number of thioether (sulfide) groups is 1. The molecular weight excluding hydrogens is 458 g/mol. The highest BCUT2D eigenvalue weighted by atomic mass is 35.5. The second-order valence-corrected chi connectivity index (χ2v) is 8.74. The highest BCUT2D eigenvalue weighted by molar-refractivity contribution is 8.18. The van der Waals surface area contributed by atoms with E-state index in [1.54, 1.807) is 12.1 Å². The fourth-order valence-electron chi connectivity index (χ4n) is 3.34. The summed E-state index contributed by atoms with van der Waals surface area (Å²) in [5, 5.41) is 0.374. The van der Waals surface area contributed by atoms with Crippen molar-refractivity contribution in [3.63, 3.8) is 0 Å². The summed E-state index contributed by atoms with van der Waals surface area (Å²) in [6.45, 7) is 2.95. The molecule has 3 aromatic carbocycles. The van der Waals surface area contributed by atoms with Gasteiger partial charge in [-0.1, -0.05) is 60.1 Å². The summed E-state index contributed by atoms with van der Waals surface area (Å²) in [4.78, 5) is 26.9. The Hall–Kier alpha value is -3.22. The number of carbonyl (C=O) groups is 2. The molecule has 0 atom stereocenters. The number of rotatable bonds is 8. The SMILES string of the molecule is CCOc1cc(/C=C2\SC(=O)N(Cc3ccccc3)C2=O)ccc1OCc1cccc(Cl)c1. The van der Waals surface area contributed by atoms with Crippen molar-refractivity contribution in [2.45, 2.75) is 20.1 Å². The molecule has 0 unspecified atom stereocenters. The minimum absolute atomic E-state index is 0.253. The second kappa shape index (κ2) is 10.6. The zero-order valence-electron chi connectivity index (χ0n) is 18.0. The van der Waals surface area contributed by atoms with Crippen LogP contribution in [0.15, 0.2) is 77.7 Å². The summed E-state index contributed by atoms with van der Waals surface area (Å²) in [6, 6.07) is 22.4. The third kappa shape index (κ3) is 5.78. The van der Waals surface area contributed by atoms with Crippen molar-refractivity contribution in [1.29, 1.82) is 0 Å². The van der Waals surface area contributed by atoms with Crippen LogP contribution >= 0.6 is 23.4 Å². The van der Waals surface area contributed by atoms with Crippen LogP contribution in [0.5, 0.6) is 11.5 Å². The van der Waals surface area contributed by atoms with Gasteiger partial charge < -0.3 is 9.47 Å². The molecule has 0 aliphatic carbocycles. The zero-order valence-corrected chi connectivity index (χ0v) is 19.6. The normalized spacial score (nSPS) is 14.7. The van der Waals surface area contributed by atoms with Gasteiger partial charge in [-0.05, 0) is 65.7 Å². The highest BCUT2D eigenvalue weighted by Gasteiger charge is 2.35. The van der Waals surface area contributed by atoms with Crippen molar-refractivity contribution in [1.82, 2.24) is 4.90 Å². The Bertz CT molecular complexity index is 1200. The number of amides is 2. The maximum atomic E-state index is 12.8. The average Bonchev–Trinajstić information content (AvgIpc) is 3.07. The number of nitrogens with zero attached hydrogens (tertiary/aromatic N) is 1. The first-order valence-corrected chi connectivity index (χ1v) is 11.7. The van der Waals surface area contributed by atoms with Gasteiger partial charge in [0.25, 0.3) is 11.1 Å². The van der Waals surface area contributed by atoms with Gasteiger partial charge in [-0.2, -0.15) is 0 Å². The van der Waals surface area contributed by atoms with Crippen LogP contribution in [-0.2, 0) is 17.9 Å². The molecule has 3 aromatic rings. The lowest BCUT2D eigenvalue weighted by Gasteiger charge is -2.13. The average molecular weight is 480 g/mol. The minimum atomic E-state index is -0.298. The minimum Gasteiger partial charge on any atom is -0.490 e. The number of carbonyl (C=O) groups excluding carboxylic acids is 2. The van der Waals surface area contributed by atoms with E-state index in [0.29, 0.717) is 34.6 Å². The van der Waals surface area contributed by atoms with Crippen LogP contribution in [0.2, 0.25) is 5.02 Å². The molecule has 1 aliphatic heterocycles. The molecular formula is C26H22ClNO4S. The molecule has 0 N–H and O–H groups in total. The van der Waals surface area contributed by atoms with E-state index < -0.39 is 0 Å². The van der Waals surface area contributed by atoms with Gasteiger partial charge >= 0.3 is 0 Å². The topological polar surface area (TPSA) is 55.8 Å². The van der Waals surface area contributed by atoms with Gasteiger partial charge in [-0.25, -0.2) is 0 Å². The molecule has 0 radical (unpaired) electrons. The van der Waals surface area contributed by atoms with E-state index in [-0.39, 0.29) is 17.7 Å². The Labute approximate surface area is 202 Å². The Morgan fingerprint density at radius 3 is 2.45 bits per heavy atom. The van der Waals surface area contributed by atoms with Crippen molar-refractivity contribution in [2.24, 2.45) is 0 Å². The molecule has 5 nitrogen and oxygen atoms in total. The van der Waals surface area contributed by atoms with E-state index in [9.17, 15) is 9.59 Å². The van der Waals surface area contributed by atoms with Gasteiger partial charge in [0.1, 0.15) is 6.61 Å². The van der Waals surface area contributed by atoms with Crippen molar-refractivity contribution >= 4 is 40.6 Å². The zero-order chi connectivity index (χ0) is 23.2. The van der Waals surface area contributed by atoms with Crippen LogP contribution in [0.1, 0.15) is 23.6 Å². The monoisotopic (exact) mass is 479 g/mol. The smallest absolute Gasteiger partial charge is 0.293 e. The lowest BCUT2D eigenvalue weighted by molar-refractivity contribution is -0.123. The van der Waals surface area contributed by atoms with Crippen molar-refractivity contribution in [2.75, 3.05) is 6.61 Å². The third-order valence-corrected chi connectivity index (χ3v) is 6.05. The largest absolute Gasteiger partial charge is 0.490 e. The molecule has 1 aliphatic rings. The predicted molar refractivity (Wildman–Crippen MR) is 131 cm³/mol. The first-order valence-electron chi connectivity index (χ1n) is 10.5. The van der Waals surface area contributed by atoms with E-state index in [1.807, 2.05) is 73.7 Å². The first-order chi connectivity index (χ1) is 16.0. The lowest BCUT2D eigenvalue weighted by atomic mass is 10.1. The summed E-state index contributed by atoms with van der Waals surface area (Å²) in [7, 11) is 0. The molecule has 168 valence electrons. The standard InChI is InChI=1S/C26H22ClNO4S/c1-2-31-23-14-19(11-12-22(23)32-17-20-9-6-10-21(27)13-20)15-24-25(29)28(26(30)33-24)16-18-7-4-3-5-8-18/h3-15H,2,16-17H2,1H3/b24-15-. The number of hydrogen-bond donors (Lipinski definition) is 0. The number of benzene rings is 3. The van der Waals surface area contributed by atoms with Gasteiger partial charge in [0.05, 0.1) is 18.1 Å². The Balaban J connectivity index is 1.50. The quantitative estimate of drug-likeness (QED) is 0.343. The summed E-state index contributed by atoms with van der Waals surface area (Å²) in [5.41, 5.74) is 2.60. The van der Waals surface area contributed by atoms with Crippen LogP contribution in [0.4, 0.5) is 4.79 Å². The van der Waals surface area contributed by atoms with Crippen LogP contribution in [0.25, 0.3) is 6.08 Å². The molecule has 0 spiro atoms. The van der Waals surface area contributed by atoms with Crippen molar-refractivity contribution in [3.05, 3.63) is 99.4 Å². The number of hydrogen-bond acceptors (Lipinski definition) is 5. The fraction of sp³-hybridized carbons (Fsp3) is 0.154. The summed E-state index contributed by atoms with van der Waals surface area (Å²) in [6.07, 6.45) is 1.71. The molecule has 1 heterocycles. The van der Waals surface area contributed by atoms with Crippen LogP contribution in [0, 0.1) is 0 Å². The first kappa shape index (κ1) is 23.0. The van der Waals surface area contributed by atoms with E-state index in [0.717, 1.165) is 28.5 Å². The Morgan fingerprint density at radius 1 is 0.909 bits per heavy atom. The lowest BCUT2D eigenvalue weighted by Crippen LogP contribution is -2.27. The fourth-order valence-corrected chi connectivity index (χ4v) is 4.39. The predicted octanol–water partition coefficient (Wildman–Crippen LogP) is 6.55. The van der Waals surface area contributed by atoms with Crippen molar-refractivity contribution < 1.29 is 19.1 Å². The number of halogens is 1. The molecule has 7 heteroatoms. The van der Waals surface area contributed by atoms with Gasteiger partial charge in [-0.3, -0.25) is 14.5 Å². The molecule has 0 aromatic heterocycles. The molecule has 2 amide bonds. The van der Waals surface area contributed by atoms with Crippen LogP contribution in [-0.4, -0.2) is 22.7 Å². The maximum absolute atomic E-state index is 12.8. The Kier molecular flexibility index (Phi) is 7.37. The third-order valence-electron chi connectivity index (χ3n) is 4.91. The van der Waals surface area contributed by atoms with Gasteiger partial charge in [0.2, 0.25) is 0 Å². The van der Waals surface area contributed by atoms with E-state index >= 15 is 0 Å². The summed E-state index contributed by atoms with van der Waals surface area (Å²) < 4.78 is 11.7. The van der Waals surface area contributed by atoms with Gasteiger partial charge in [0, 0.05) is 5.02 Å². The number of imide groups is 1. The van der Waals surface area contributed by atoms with E-state index in [1.165, 1.54) is 4.90 Å². The molecule has 4 rings (SSSR count). The van der Waals surface area contributed by atoms with Crippen LogP contribution in [0.3, 0.4) is 0 Å². The maximum Gasteiger partial charge on any atom is 0.293 e. The highest BCUT2D eigenvalue weighted by Crippen LogP contribution is 2.35. The molecule has 1 saturated heterocycles.